The Morgan fingerprint density at radius 3 is 2.97 bits per heavy atom. The molecule has 152 valence electrons. The minimum atomic E-state index is -0.426. The topological polar surface area (TPSA) is 103 Å². The zero-order valence-corrected chi connectivity index (χ0v) is 18.3. The molecule has 9 heteroatoms. The molecule has 1 amide bonds. The van der Waals surface area contributed by atoms with Gasteiger partial charge in [0.25, 0.3) is 5.91 Å². The molecule has 5 rings (SSSR count). The molecule has 2 aromatic rings. The van der Waals surface area contributed by atoms with Crippen LogP contribution in [0.3, 0.4) is 0 Å². The number of aromatic nitrogens is 1. The Morgan fingerprint density at radius 2 is 2.24 bits per heavy atom. The number of aliphatic imine (C=N–C) groups is 1. The van der Waals surface area contributed by atoms with Crippen molar-refractivity contribution >= 4 is 38.8 Å². The quantitative estimate of drug-likeness (QED) is 0.688. The van der Waals surface area contributed by atoms with Gasteiger partial charge < -0.3 is 20.3 Å². The minimum absolute atomic E-state index is 0.0250. The first-order valence-corrected chi connectivity index (χ1v) is 11.4. The fourth-order valence-electron chi connectivity index (χ4n) is 4.73. The average molecular weight is 477 g/mol. The SMILES string of the molecule is Cc1cc(C(=O)NC2CC[C@@H]3Oc4ccc(Br)cc4C4(CSC(N)=N4)[C@H]3C2)no1. The summed E-state index contributed by atoms with van der Waals surface area (Å²) in [6.07, 6.45) is 2.53. The third-order valence-electron chi connectivity index (χ3n) is 6.03. The van der Waals surface area contributed by atoms with Crippen molar-refractivity contribution in [2.75, 3.05) is 5.75 Å². The number of rotatable bonds is 2. The van der Waals surface area contributed by atoms with Gasteiger partial charge in [-0.25, -0.2) is 4.99 Å². The van der Waals surface area contributed by atoms with Crippen LogP contribution in [-0.2, 0) is 5.54 Å². The molecule has 1 fully saturated rings. The van der Waals surface area contributed by atoms with Gasteiger partial charge in [0.2, 0.25) is 0 Å². The average Bonchev–Trinajstić information content (AvgIpc) is 3.30. The highest BCUT2D eigenvalue weighted by Crippen LogP contribution is 2.54. The molecule has 3 N–H and O–H groups in total. The van der Waals surface area contributed by atoms with Gasteiger partial charge in [0, 0.05) is 33.8 Å². The van der Waals surface area contributed by atoms with Crippen LogP contribution in [0.25, 0.3) is 0 Å². The standard InChI is InChI=1S/C20H21BrN4O3S/c1-10-6-15(25-28-10)18(26)23-12-3-5-17-14(8-12)20(9-29-19(22)24-20)13-7-11(21)2-4-16(13)27-17/h2,4,6-7,12,14,17H,3,5,8-9H2,1H3,(H2,22,24)(H,23,26)/t12?,14-,17-,20?/m0/s1. The van der Waals surface area contributed by atoms with Gasteiger partial charge in [-0.3, -0.25) is 4.79 Å². The summed E-state index contributed by atoms with van der Waals surface area (Å²) in [6.45, 7) is 1.77. The van der Waals surface area contributed by atoms with Crippen molar-refractivity contribution in [1.29, 1.82) is 0 Å². The second kappa shape index (κ2) is 7.05. The second-order valence-corrected chi connectivity index (χ2v) is 9.78. The normalized spacial score (nSPS) is 30.3. The van der Waals surface area contributed by atoms with Crippen LogP contribution in [0, 0.1) is 12.8 Å². The van der Waals surface area contributed by atoms with E-state index in [4.69, 9.17) is 20.0 Å². The zero-order chi connectivity index (χ0) is 20.2. The van der Waals surface area contributed by atoms with Gasteiger partial charge in [0.05, 0.1) is 0 Å². The number of amidine groups is 1. The Morgan fingerprint density at radius 1 is 1.38 bits per heavy atom. The number of benzene rings is 1. The third-order valence-corrected chi connectivity index (χ3v) is 7.50. The van der Waals surface area contributed by atoms with E-state index in [1.165, 1.54) is 0 Å². The Kier molecular flexibility index (Phi) is 4.62. The highest BCUT2D eigenvalue weighted by molar-refractivity contribution is 9.10. The molecule has 3 aliphatic rings. The van der Waals surface area contributed by atoms with Crippen molar-refractivity contribution in [3.63, 3.8) is 0 Å². The number of carbonyl (C=O) groups excluding carboxylic acids is 1. The Bertz CT molecular complexity index is 1010. The summed E-state index contributed by atoms with van der Waals surface area (Å²) < 4.78 is 12.4. The van der Waals surface area contributed by atoms with Crippen LogP contribution >= 0.6 is 27.7 Å². The maximum Gasteiger partial charge on any atom is 0.273 e. The highest BCUT2D eigenvalue weighted by Gasteiger charge is 2.54. The Labute approximate surface area is 181 Å². The Balaban J connectivity index is 1.45. The first kappa shape index (κ1) is 19.0. The molecular weight excluding hydrogens is 456 g/mol. The number of fused-ring (bicyclic) bond motifs is 4. The van der Waals surface area contributed by atoms with Crippen molar-refractivity contribution in [3.8, 4) is 5.75 Å². The number of hydrogen-bond donors (Lipinski definition) is 2. The number of nitrogens with one attached hydrogen (secondary N) is 1. The maximum absolute atomic E-state index is 12.6. The van der Waals surface area contributed by atoms with Crippen LogP contribution < -0.4 is 15.8 Å². The van der Waals surface area contributed by atoms with Crippen molar-refractivity contribution in [3.05, 3.63) is 45.8 Å². The fourth-order valence-corrected chi connectivity index (χ4v) is 6.12. The molecule has 1 aromatic carbocycles. The summed E-state index contributed by atoms with van der Waals surface area (Å²) >= 11 is 5.17. The van der Waals surface area contributed by atoms with E-state index in [2.05, 4.69) is 32.5 Å². The lowest BCUT2D eigenvalue weighted by Gasteiger charge is -2.48. The number of thioether (sulfide) groups is 1. The number of halogens is 1. The van der Waals surface area contributed by atoms with Gasteiger partial charge in [0.1, 0.15) is 23.2 Å². The molecule has 0 bridgehead atoms. The van der Waals surface area contributed by atoms with Crippen LogP contribution in [0.15, 0.2) is 38.3 Å². The molecule has 1 aliphatic carbocycles. The van der Waals surface area contributed by atoms with Gasteiger partial charge >= 0.3 is 0 Å². The number of nitrogens with zero attached hydrogens (tertiary/aromatic N) is 2. The number of ether oxygens (including phenoxy) is 1. The molecule has 2 aliphatic heterocycles. The van der Waals surface area contributed by atoms with Gasteiger partial charge in [-0.05, 0) is 44.4 Å². The molecule has 7 nitrogen and oxygen atoms in total. The van der Waals surface area contributed by atoms with E-state index < -0.39 is 5.54 Å². The van der Waals surface area contributed by atoms with Crippen molar-refractivity contribution in [1.82, 2.24) is 10.5 Å². The number of carbonyl (C=O) groups is 1. The van der Waals surface area contributed by atoms with E-state index in [1.54, 1.807) is 24.8 Å². The predicted octanol–water partition coefficient (Wildman–Crippen LogP) is 3.36. The fraction of sp³-hybridized carbons (Fsp3) is 0.450. The van der Waals surface area contributed by atoms with E-state index in [1.807, 2.05) is 12.1 Å². The van der Waals surface area contributed by atoms with Gasteiger partial charge in [-0.2, -0.15) is 0 Å². The number of amides is 1. The summed E-state index contributed by atoms with van der Waals surface area (Å²) in [5, 5.41) is 7.56. The molecule has 1 saturated carbocycles. The minimum Gasteiger partial charge on any atom is -0.490 e. The van der Waals surface area contributed by atoms with Gasteiger partial charge in [-0.15, -0.1) is 0 Å². The smallest absolute Gasteiger partial charge is 0.273 e. The van der Waals surface area contributed by atoms with Gasteiger partial charge in [-0.1, -0.05) is 32.8 Å². The molecule has 4 atom stereocenters. The first-order chi connectivity index (χ1) is 13.9. The second-order valence-electron chi connectivity index (χ2n) is 7.87. The summed E-state index contributed by atoms with van der Waals surface area (Å²) in [4.78, 5) is 17.5. The summed E-state index contributed by atoms with van der Waals surface area (Å²) in [5.41, 5.74) is 7.08. The van der Waals surface area contributed by atoms with Gasteiger partial charge in [0.15, 0.2) is 10.9 Å². The van der Waals surface area contributed by atoms with E-state index in [9.17, 15) is 4.79 Å². The van der Waals surface area contributed by atoms with Crippen LogP contribution in [-0.4, -0.2) is 34.1 Å². The van der Waals surface area contributed by atoms with E-state index in [-0.39, 0.29) is 24.0 Å². The molecule has 29 heavy (non-hydrogen) atoms. The lowest BCUT2D eigenvalue weighted by Crippen LogP contribution is -2.54. The van der Waals surface area contributed by atoms with Crippen molar-refractivity contribution in [2.45, 2.75) is 43.9 Å². The number of hydrogen-bond acceptors (Lipinski definition) is 7. The van der Waals surface area contributed by atoms with Crippen LogP contribution in [0.5, 0.6) is 5.75 Å². The first-order valence-electron chi connectivity index (χ1n) is 9.63. The lowest BCUT2D eigenvalue weighted by atomic mass is 9.67. The lowest BCUT2D eigenvalue weighted by molar-refractivity contribution is 0.0155. The zero-order valence-electron chi connectivity index (χ0n) is 15.9. The van der Waals surface area contributed by atoms with Crippen molar-refractivity contribution < 1.29 is 14.1 Å². The molecule has 1 aromatic heterocycles. The molecule has 3 heterocycles. The van der Waals surface area contributed by atoms with E-state index >= 15 is 0 Å². The van der Waals surface area contributed by atoms with Crippen LogP contribution in [0.2, 0.25) is 0 Å². The van der Waals surface area contributed by atoms with Crippen molar-refractivity contribution in [2.24, 2.45) is 16.6 Å². The predicted molar refractivity (Wildman–Crippen MR) is 114 cm³/mol. The van der Waals surface area contributed by atoms with Crippen LogP contribution in [0.4, 0.5) is 0 Å². The number of aryl methyl sites for hydroxylation is 1. The third kappa shape index (κ3) is 3.24. The summed E-state index contributed by atoms with van der Waals surface area (Å²) in [5.74, 6) is 2.22. The maximum atomic E-state index is 12.6. The Hall–Kier alpha value is -2.00. The number of nitrogens with two attached hydrogens (primary N) is 1. The molecule has 1 spiro atoms. The molecule has 0 radical (unpaired) electrons. The summed E-state index contributed by atoms with van der Waals surface area (Å²) in [6, 6.07) is 7.77. The molecule has 2 unspecified atom stereocenters. The van der Waals surface area contributed by atoms with Crippen LogP contribution in [0.1, 0.15) is 41.1 Å². The summed E-state index contributed by atoms with van der Waals surface area (Å²) in [7, 11) is 0. The molecule has 0 saturated heterocycles. The monoisotopic (exact) mass is 476 g/mol. The largest absolute Gasteiger partial charge is 0.490 e. The molecular formula is C20H21BrN4O3S. The van der Waals surface area contributed by atoms with E-state index in [0.29, 0.717) is 16.6 Å². The highest BCUT2D eigenvalue weighted by atomic mass is 79.9. The van der Waals surface area contributed by atoms with E-state index in [0.717, 1.165) is 40.8 Å².